The number of aryl methyl sites for hydroxylation is 1. The molecule has 8 heteroatoms. The Labute approximate surface area is 188 Å². The average Bonchev–Trinajstić information content (AvgIpc) is 2.78. The van der Waals surface area contributed by atoms with E-state index >= 15 is 0 Å². The van der Waals surface area contributed by atoms with Crippen molar-refractivity contribution in [2.24, 2.45) is 0 Å². The Hall–Kier alpha value is -3.42. The number of amides is 1. The molecule has 0 saturated carbocycles. The molecule has 0 aliphatic carbocycles. The summed E-state index contributed by atoms with van der Waals surface area (Å²) in [5.74, 6) is -1.75. The molecule has 1 amide bonds. The molecule has 0 radical (unpaired) electrons. The van der Waals surface area contributed by atoms with Crippen LogP contribution in [0.15, 0.2) is 36.5 Å². The van der Waals surface area contributed by atoms with Crippen molar-refractivity contribution < 1.29 is 28.6 Å². The molecule has 1 heterocycles. The largest absolute Gasteiger partial charge is 0.493 e. The van der Waals surface area contributed by atoms with Crippen LogP contribution in [0.5, 0.6) is 11.5 Å². The van der Waals surface area contributed by atoms with Gasteiger partial charge in [-0.3, -0.25) is 9.59 Å². The van der Waals surface area contributed by atoms with E-state index in [1.54, 1.807) is 6.92 Å². The van der Waals surface area contributed by atoms with E-state index in [2.05, 4.69) is 10.3 Å². The van der Waals surface area contributed by atoms with Crippen LogP contribution < -0.4 is 14.8 Å². The predicted molar refractivity (Wildman–Crippen MR) is 119 cm³/mol. The van der Waals surface area contributed by atoms with Crippen LogP contribution in [0.4, 0.5) is 0 Å². The number of nitrogens with one attached hydrogen (secondary N) is 1. The van der Waals surface area contributed by atoms with Crippen LogP contribution in [-0.4, -0.2) is 42.1 Å². The van der Waals surface area contributed by atoms with Gasteiger partial charge in [0.25, 0.3) is 5.91 Å². The van der Waals surface area contributed by atoms with Gasteiger partial charge in [-0.05, 0) is 31.9 Å². The highest BCUT2D eigenvalue weighted by Crippen LogP contribution is 2.30. The summed E-state index contributed by atoms with van der Waals surface area (Å²) in [5, 5.41) is 2.55. The van der Waals surface area contributed by atoms with Crippen molar-refractivity contribution in [1.29, 1.82) is 0 Å². The molecule has 0 fully saturated rings. The Morgan fingerprint density at radius 2 is 1.78 bits per heavy atom. The van der Waals surface area contributed by atoms with E-state index in [0.29, 0.717) is 0 Å². The lowest BCUT2D eigenvalue weighted by Gasteiger charge is -2.24. The minimum absolute atomic E-state index is 0.0249. The van der Waals surface area contributed by atoms with Gasteiger partial charge in [-0.2, -0.15) is 0 Å². The van der Waals surface area contributed by atoms with Gasteiger partial charge in [0.15, 0.2) is 11.4 Å². The van der Waals surface area contributed by atoms with Crippen LogP contribution in [-0.2, 0) is 14.3 Å². The van der Waals surface area contributed by atoms with Gasteiger partial charge in [-0.1, -0.05) is 38.1 Å². The number of carbonyl (C=O) groups is 3. The smallest absolute Gasteiger partial charge is 0.328 e. The number of hydrogen-bond acceptors (Lipinski definition) is 7. The van der Waals surface area contributed by atoms with E-state index < -0.39 is 30.0 Å². The standard InChI is InChI=1S/C24H30N2O6/c1-7-20(27)32-22-19(30-6)12-13-25-21(22)23(28)26-16(4)24(29)31-17(5)15(3)18-11-9-8-10-14(18)2/h8-13,15-17H,7H2,1-6H3,(H,26,28). The highest BCUT2D eigenvalue weighted by Gasteiger charge is 2.27. The van der Waals surface area contributed by atoms with E-state index in [9.17, 15) is 14.4 Å². The molecule has 0 aliphatic rings. The maximum absolute atomic E-state index is 12.8. The van der Waals surface area contributed by atoms with Gasteiger partial charge in [0, 0.05) is 24.6 Å². The van der Waals surface area contributed by atoms with Gasteiger partial charge < -0.3 is 19.5 Å². The SMILES string of the molecule is CCC(=O)Oc1c(OC)ccnc1C(=O)NC(C)C(=O)OC(C)C(C)c1ccccc1C. The molecule has 1 N–H and O–H groups in total. The highest BCUT2D eigenvalue weighted by atomic mass is 16.6. The molecule has 0 bridgehead atoms. The van der Waals surface area contributed by atoms with Gasteiger partial charge in [0.2, 0.25) is 5.75 Å². The quantitative estimate of drug-likeness (QED) is 0.592. The number of carbonyl (C=O) groups excluding carboxylic acids is 3. The Kier molecular flexibility index (Phi) is 8.75. The molecular weight excluding hydrogens is 412 g/mol. The zero-order chi connectivity index (χ0) is 23.8. The Morgan fingerprint density at radius 1 is 1.09 bits per heavy atom. The van der Waals surface area contributed by atoms with Gasteiger partial charge in [0.1, 0.15) is 12.1 Å². The number of methoxy groups -OCH3 is 1. The first-order chi connectivity index (χ1) is 15.2. The number of benzene rings is 1. The molecule has 0 spiro atoms. The number of esters is 2. The molecule has 32 heavy (non-hydrogen) atoms. The molecule has 2 aromatic rings. The number of ether oxygens (including phenoxy) is 3. The number of aromatic nitrogens is 1. The molecule has 8 nitrogen and oxygen atoms in total. The van der Waals surface area contributed by atoms with E-state index in [1.165, 1.54) is 26.3 Å². The summed E-state index contributed by atoms with van der Waals surface area (Å²) in [7, 11) is 1.39. The summed E-state index contributed by atoms with van der Waals surface area (Å²) in [5.41, 5.74) is 2.04. The van der Waals surface area contributed by atoms with Crippen LogP contribution in [0.2, 0.25) is 0 Å². The van der Waals surface area contributed by atoms with Gasteiger partial charge in [-0.25, -0.2) is 9.78 Å². The molecule has 0 saturated heterocycles. The first-order valence-electron chi connectivity index (χ1n) is 10.5. The molecule has 172 valence electrons. The lowest BCUT2D eigenvalue weighted by molar-refractivity contribution is -0.151. The molecule has 1 aromatic carbocycles. The van der Waals surface area contributed by atoms with E-state index in [1.807, 2.05) is 45.0 Å². The lowest BCUT2D eigenvalue weighted by Crippen LogP contribution is -2.41. The van der Waals surface area contributed by atoms with Crippen LogP contribution in [0, 0.1) is 6.92 Å². The van der Waals surface area contributed by atoms with Crippen molar-refractivity contribution in [3.63, 3.8) is 0 Å². The third-order valence-electron chi connectivity index (χ3n) is 5.19. The maximum Gasteiger partial charge on any atom is 0.328 e. The maximum atomic E-state index is 12.8. The zero-order valence-electron chi connectivity index (χ0n) is 19.3. The second-order valence-corrected chi connectivity index (χ2v) is 7.50. The molecule has 1 aromatic heterocycles. The fourth-order valence-electron chi connectivity index (χ4n) is 3.10. The van der Waals surface area contributed by atoms with Crippen molar-refractivity contribution in [2.45, 2.75) is 59.1 Å². The van der Waals surface area contributed by atoms with Crippen LogP contribution in [0.25, 0.3) is 0 Å². The topological polar surface area (TPSA) is 104 Å². The second kappa shape index (κ2) is 11.3. The second-order valence-electron chi connectivity index (χ2n) is 7.50. The van der Waals surface area contributed by atoms with E-state index in [4.69, 9.17) is 14.2 Å². The third-order valence-corrected chi connectivity index (χ3v) is 5.19. The summed E-state index contributed by atoms with van der Waals surface area (Å²) in [4.78, 5) is 41.2. The summed E-state index contributed by atoms with van der Waals surface area (Å²) >= 11 is 0. The fourth-order valence-corrected chi connectivity index (χ4v) is 3.10. The van der Waals surface area contributed by atoms with Gasteiger partial charge in [0.05, 0.1) is 7.11 Å². The summed E-state index contributed by atoms with van der Waals surface area (Å²) in [6.07, 6.45) is 1.06. The molecule has 0 aliphatic heterocycles. The van der Waals surface area contributed by atoms with Gasteiger partial charge >= 0.3 is 11.9 Å². The van der Waals surface area contributed by atoms with Crippen molar-refractivity contribution in [3.8, 4) is 11.5 Å². The molecular formula is C24H30N2O6. The first kappa shape index (κ1) is 24.8. The summed E-state index contributed by atoms with van der Waals surface area (Å²) < 4.78 is 16.0. The normalized spacial score (nSPS) is 13.4. The summed E-state index contributed by atoms with van der Waals surface area (Å²) in [6.45, 7) is 8.95. The van der Waals surface area contributed by atoms with Crippen LogP contribution in [0.1, 0.15) is 61.6 Å². The minimum atomic E-state index is -0.947. The fraction of sp³-hybridized carbons (Fsp3) is 0.417. The Morgan fingerprint density at radius 3 is 2.41 bits per heavy atom. The van der Waals surface area contributed by atoms with Crippen molar-refractivity contribution in [1.82, 2.24) is 10.3 Å². The van der Waals surface area contributed by atoms with E-state index in [0.717, 1.165) is 11.1 Å². The predicted octanol–water partition coefficient (Wildman–Crippen LogP) is 3.57. The Bertz CT molecular complexity index is 975. The number of pyridine rings is 1. The third kappa shape index (κ3) is 6.06. The first-order valence-corrected chi connectivity index (χ1v) is 10.5. The van der Waals surface area contributed by atoms with E-state index in [-0.39, 0.29) is 29.5 Å². The van der Waals surface area contributed by atoms with Crippen molar-refractivity contribution in [3.05, 3.63) is 53.3 Å². The highest BCUT2D eigenvalue weighted by molar-refractivity contribution is 5.98. The molecule has 2 rings (SSSR count). The lowest BCUT2D eigenvalue weighted by atomic mass is 9.92. The molecule has 3 atom stereocenters. The average molecular weight is 443 g/mol. The van der Waals surface area contributed by atoms with Crippen molar-refractivity contribution in [2.75, 3.05) is 7.11 Å². The van der Waals surface area contributed by atoms with Gasteiger partial charge in [-0.15, -0.1) is 0 Å². The molecule has 3 unspecified atom stereocenters. The number of nitrogens with zero attached hydrogens (tertiary/aromatic N) is 1. The summed E-state index contributed by atoms with van der Waals surface area (Å²) in [6, 6.07) is 8.44. The zero-order valence-corrected chi connectivity index (χ0v) is 19.3. The number of rotatable bonds is 9. The monoisotopic (exact) mass is 442 g/mol. The van der Waals surface area contributed by atoms with Crippen LogP contribution in [0.3, 0.4) is 0 Å². The minimum Gasteiger partial charge on any atom is -0.493 e. The van der Waals surface area contributed by atoms with Crippen molar-refractivity contribution >= 4 is 17.8 Å². The Balaban J connectivity index is 2.09. The van der Waals surface area contributed by atoms with Crippen LogP contribution >= 0.6 is 0 Å². The number of hydrogen-bond donors (Lipinski definition) is 1.